The highest BCUT2D eigenvalue weighted by Gasteiger charge is 2.23. The molecule has 0 aliphatic rings. The maximum Gasteiger partial charge on any atom is 0.326 e. The SMILES string of the molecule is CCC(C(=O)O)N(C)C(=O)CCN. The fourth-order valence-electron chi connectivity index (χ4n) is 1.09. The first kappa shape index (κ1) is 11.9. The monoisotopic (exact) mass is 188 g/mol. The van der Waals surface area contributed by atoms with Gasteiger partial charge in [-0.1, -0.05) is 6.92 Å². The Morgan fingerprint density at radius 1 is 1.54 bits per heavy atom. The molecule has 0 heterocycles. The smallest absolute Gasteiger partial charge is 0.326 e. The number of carbonyl (C=O) groups is 2. The molecule has 0 aromatic heterocycles. The second kappa shape index (κ2) is 5.53. The van der Waals surface area contributed by atoms with E-state index in [1.54, 1.807) is 6.92 Å². The van der Waals surface area contributed by atoms with Gasteiger partial charge in [0.2, 0.25) is 5.91 Å². The molecular formula is C8H16N2O3. The largest absolute Gasteiger partial charge is 0.480 e. The number of rotatable bonds is 5. The summed E-state index contributed by atoms with van der Waals surface area (Å²) < 4.78 is 0. The number of nitrogens with two attached hydrogens (primary N) is 1. The van der Waals surface area contributed by atoms with Gasteiger partial charge in [-0.2, -0.15) is 0 Å². The predicted molar refractivity (Wildman–Crippen MR) is 48.2 cm³/mol. The van der Waals surface area contributed by atoms with Gasteiger partial charge in [-0.05, 0) is 6.42 Å². The molecule has 0 bridgehead atoms. The Balaban J connectivity index is 4.27. The molecule has 0 fully saturated rings. The second-order valence-electron chi connectivity index (χ2n) is 2.81. The Morgan fingerprint density at radius 3 is 2.38 bits per heavy atom. The van der Waals surface area contributed by atoms with Crippen molar-refractivity contribution < 1.29 is 14.7 Å². The van der Waals surface area contributed by atoms with Crippen molar-refractivity contribution in [2.45, 2.75) is 25.8 Å². The maximum atomic E-state index is 11.2. The number of carboxylic acids is 1. The molecule has 76 valence electrons. The summed E-state index contributed by atoms with van der Waals surface area (Å²) in [4.78, 5) is 23.1. The third-order valence-electron chi connectivity index (χ3n) is 1.89. The number of nitrogens with zero attached hydrogens (tertiary/aromatic N) is 1. The molecule has 0 rings (SSSR count). The molecule has 1 atom stereocenters. The fraction of sp³-hybridized carbons (Fsp3) is 0.750. The molecule has 0 aromatic carbocycles. The highest BCUT2D eigenvalue weighted by Crippen LogP contribution is 2.03. The van der Waals surface area contributed by atoms with Crippen LogP contribution >= 0.6 is 0 Å². The van der Waals surface area contributed by atoms with Gasteiger partial charge in [-0.25, -0.2) is 4.79 Å². The van der Waals surface area contributed by atoms with E-state index in [-0.39, 0.29) is 18.9 Å². The maximum absolute atomic E-state index is 11.2. The van der Waals surface area contributed by atoms with Crippen LogP contribution in [0.3, 0.4) is 0 Å². The van der Waals surface area contributed by atoms with E-state index in [0.717, 1.165) is 0 Å². The Kier molecular flexibility index (Phi) is 5.06. The Labute approximate surface area is 77.5 Å². The number of hydrogen-bond donors (Lipinski definition) is 2. The highest BCUT2D eigenvalue weighted by atomic mass is 16.4. The Hall–Kier alpha value is -1.10. The third kappa shape index (κ3) is 3.42. The van der Waals surface area contributed by atoms with Crippen LogP contribution in [0.4, 0.5) is 0 Å². The minimum Gasteiger partial charge on any atom is -0.480 e. The molecule has 1 amide bonds. The number of amides is 1. The zero-order valence-corrected chi connectivity index (χ0v) is 7.99. The quantitative estimate of drug-likeness (QED) is 0.618. The first-order valence-corrected chi connectivity index (χ1v) is 4.23. The molecule has 0 spiro atoms. The van der Waals surface area contributed by atoms with Crippen LogP contribution in [0.25, 0.3) is 0 Å². The van der Waals surface area contributed by atoms with E-state index in [1.807, 2.05) is 0 Å². The van der Waals surface area contributed by atoms with Gasteiger partial charge in [0.1, 0.15) is 6.04 Å². The number of carboxylic acid groups (broad SMARTS) is 1. The van der Waals surface area contributed by atoms with Crippen LogP contribution in [0.2, 0.25) is 0 Å². The standard InChI is InChI=1S/C8H16N2O3/c1-3-6(8(12)13)10(2)7(11)4-5-9/h6H,3-5,9H2,1-2H3,(H,12,13). The van der Waals surface area contributed by atoms with Crippen molar-refractivity contribution in [1.29, 1.82) is 0 Å². The van der Waals surface area contributed by atoms with E-state index in [0.29, 0.717) is 6.42 Å². The Morgan fingerprint density at radius 2 is 2.08 bits per heavy atom. The van der Waals surface area contributed by atoms with Crippen LogP contribution in [-0.2, 0) is 9.59 Å². The van der Waals surface area contributed by atoms with Crippen molar-refractivity contribution >= 4 is 11.9 Å². The second-order valence-corrected chi connectivity index (χ2v) is 2.81. The normalized spacial score (nSPS) is 12.2. The van der Waals surface area contributed by atoms with Gasteiger partial charge in [-0.3, -0.25) is 4.79 Å². The van der Waals surface area contributed by atoms with E-state index >= 15 is 0 Å². The lowest BCUT2D eigenvalue weighted by Crippen LogP contribution is -2.42. The summed E-state index contributed by atoms with van der Waals surface area (Å²) in [6, 6.07) is -0.737. The van der Waals surface area contributed by atoms with Crippen LogP contribution in [0.1, 0.15) is 19.8 Å². The number of hydrogen-bond acceptors (Lipinski definition) is 3. The summed E-state index contributed by atoms with van der Waals surface area (Å²) in [5, 5.41) is 8.74. The van der Waals surface area contributed by atoms with Crippen molar-refractivity contribution in [3.8, 4) is 0 Å². The average molecular weight is 188 g/mol. The lowest BCUT2D eigenvalue weighted by Gasteiger charge is -2.23. The zero-order valence-electron chi connectivity index (χ0n) is 7.99. The lowest BCUT2D eigenvalue weighted by molar-refractivity contribution is -0.149. The fourth-order valence-corrected chi connectivity index (χ4v) is 1.09. The first-order chi connectivity index (χ1) is 6.04. The molecule has 3 N–H and O–H groups in total. The molecule has 1 unspecified atom stereocenters. The van der Waals surface area contributed by atoms with Crippen molar-refractivity contribution in [2.24, 2.45) is 5.73 Å². The summed E-state index contributed by atoms with van der Waals surface area (Å²) in [6.07, 6.45) is 0.600. The molecule has 0 aliphatic heterocycles. The molecule has 0 saturated heterocycles. The van der Waals surface area contributed by atoms with Gasteiger partial charge >= 0.3 is 5.97 Å². The molecule has 0 aliphatic carbocycles. The summed E-state index contributed by atoms with van der Waals surface area (Å²) >= 11 is 0. The van der Waals surface area contributed by atoms with Gasteiger partial charge in [0, 0.05) is 20.0 Å². The van der Waals surface area contributed by atoms with Crippen LogP contribution in [-0.4, -0.2) is 41.5 Å². The van der Waals surface area contributed by atoms with E-state index < -0.39 is 12.0 Å². The summed E-state index contributed by atoms with van der Waals surface area (Å²) in [5.74, 6) is -1.20. The predicted octanol–water partition coefficient (Wildman–Crippen LogP) is -0.343. The molecule has 13 heavy (non-hydrogen) atoms. The molecule has 0 saturated carbocycles. The van der Waals surface area contributed by atoms with Gasteiger partial charge in [0.15, 0.2) is 0 Å². The number of aliphatic carboxylic acids is 1. The summed E-state index contributed by atoms with van der Waals surface area (Å²) in [5.41, 5.74) is 5.19. The minimum atomic E-state index is -0.977. The van der Waals surface area contributed by atoms with Crippen molar-refractivity contribution in [2.75, 3.05) is 13.6 Å². The van der Waals surface area contributed by atoms with E-state index in [9.17, 15) is 9.59 Å². The van der Waals surface area contributed by atoms with Crippen LogP contribution in [0, 0.1) is 0 Å². The third-order valence-corrected chi connectivity index (χ3v) is 1.89. The lowest BCUT2D eigenvalue weighted by atomic mass is 10.2. The van der Waals surface area contributed by atoms with E-state index in [4.69, 9.17) is 10.8 Å². The topological polar surface area (TPSA) is 83.6 Å². The number of likely N-dealkylation sites (N-methyl/N-ethyl adjacent to an activating group) is 1. The van der Waals surface area contributed by atoms with Gasteiger partial charge in [0.25, 0.3) is 0 Å². The van der Waals surface area contributed by atoms with E-state index in [1.165, 1.54) is 11.9 Å². The summed E-state index contributed by atoms with van der Waals surface area (Å²) in [6.45, 7) is 1.98. The molecule has 0 aromatic rings. The van der Waals surface area contributed by atoms with Crippen LogP contribution in [0.15, 0.2) is 0 Å². The van der Waals surface area contributed by atoms with Crippen molar-refractivity contribution in [3.05, 3.63) is 0 Å². The Bertz CT molecular complexity index is 194. The van der Waals surface area contributed by atoms with Crippen LogP contribution < -0.4 is 5.73 Å². The number of carbonyl (C=O) groups excluding carboxylic acids is 1. The molecular weight excluding hydrogens is 172 g/mol. The van der Waals surface area contributed by atoms with Gasteiger partial charge in [-0.15, -0.1) is 0 Å². The van der Waals surface area contributed by atoms with Crippen molar-refractivity contribution in [3.63, 3.8) is 0 Å². The average Bonchev–Trinajstić information content (AvgIpc) is 2.05. The highest BCUT2D eigenvalue weighted by molar-refractivity contribution is 5.83. The first-order valence-electron chi connectivity index (χ1n) is 4.23. The van der Waals surface area contributed by atoms with Crippen LogP contribution in [0.5, 0.6) is 0 Å². The molecule has 5 nitrogen and oxygen atoms in total. The van der Waals surface area contributed by atoms with Gasteiger partial charge < -0.3 is 15.7 Å². The summed E-state index contributed by atoms with van der Waals surface area (Å²) in [7, 11) is 1.49. The zero-order chi connectivity index (χ0) is 10.4. The van der Waals surface area contributed by atoms with Crippen molar-refractivity contribution in [1.82, 2.24) is 4.90 Å². The molecule has 5 heteroatoms. The van der Waals surface area contributed by atoms with E-state index in [2.05, 4.69) is 0 Å². The minimum absolute atomic E-state index is 0.195. The van der Waals surface area contributed by atoms with Gasteiger partial charge in [0.05, 0.1) is 0 Å². The molecule has 0 radical (unpaired) electrons.